The van der Waals surface area contributed by atoms with Gasteiger partial charge in [-0.15, -0.1) is 11.3 Å². The molecule has 4 rings (SSSR count). The van der Waals surface area contributed by atoms with Crippen LogP contribution in [0.3, 0.4) is 0 Å². The Morgan fingerprint density at radius 2 is 1.63 bits per heavy atom. The fraction of sp³-hybridized carbons (Fsp3) is 0.227. The molecule has 2 N–H and O–H groups in total. The zero-order chi connectivity index (χ0) is 21.3. The van der Waals surface area contributed by atoms with E-state index in [4.69, 9.17) is 40.5 Å². The number of piperazine rings is 1. The average Bonchev–Trinajstić information content (AvgIpc) is 3.09. The van der Waals surface area contributed by atoms with Crippen LogP contribution in [0.4, 0.5) is 10.7 Å². The summed E-state index contributed by atoms with van der Waals surface area (Å²) in [6.45, 7) is 4.11. The molecular formula is C22H20Cl3N3OS. The molecule has 1 aliphatic heterocycles. The Labute approximate surface area is 194 Å². The van der Waals surface area contributed by atoms with Crippen molar-refractivity contribution in [2.45, 2.75) is 6.54 Å². The zero-order valence-electron chi connectivity index (χ0n) is 16.1. The van der Waals surface area contributed by atoms with Crippen LogP contribution in [0.25, 0.3) is 0 Å². The first kappa shape index (κ1) is 21.5. The fourth-order valence-corrected chi connectivity index (χ4v) is 5.11. The average molecular weight is 481 g/mol. The first-order valence-electron chi connectivity index (χ1n) is 9.51. The molecule has 3 aromatic rings. The van der Waals surface area contributed by atoms with Gasteiger partial charge in [0.15, 0.2) is 5.78 Å². The molecule has 0 spiro atoms. The van der Waals surface area contributed by atoms with E-state index >= 15 is 0 Å². The molecule has 156 valence electrons. The van der Waals surface area contributed by atoms with Gasteiger partial charge in [-0.1, -0.05) is 34.8 Å². The number of thiophene rings is 1. The standard InChI is InChI=1S/C22H20Cl3N3OS/c23-16-3-1-14(2-4-16)21(29)20-15(13-30-22(20)26)12-27-7-9-28(10-8-27)19-6-5-17(24)11-18(19)25/h1-6,11,13H,7-10,12,26H2. The molecule has 1 aliphatic rings. The van der Waals surface area contributed by atoms with Gasteiger partial charge in [-0.25, -0.2) is 0 Å². The van der Waals surface area contributed by atoms with Crippen molar-refractivity contribution in [3.63, 3.8) is 0 Å². The molecule has 1 saturated heterocycles. The molecule has 30 heavy (non-hydrogen) atoms. The minimum absolute atomic E-state index is 0.0630. The summed E-state index contributed by atoms with van der Waals surface area (Å²) < 4.78 is 0. The van der Waals surface area contributed by atoms with E-state index in [1.165, 1.54) is 11.3 Å². The Balaban J connectivity index is 1.45. The van der Waals surface area contributed by atoms with E-state index < -0.39 is 0 Å². The summed E-state index contributed by atoms with van der Waals surface area (Å²) in [7, 11) is 0. The third-order valence-electron chi connectivity index (χ3n) is 5.25. The van der Waals surface area contributed by atoms with E-state index in [9.17, 15) is 4.79 Å². The number of carbonyl (C=O) groups excluding carboxylic acids is 1. The maximum atomic E-state index is 13.0. The van der Waals surface area contributed by atoms with Crippen molar-refractivity contribution in [1.29, 1.82) is 0 Å². The van der Waals surface area contributed by atoms with E-state index in [1.54, 1.807) is 30.3 Å². The number of rotatable bonds is 5. The molecular weight excluding hydrogens is 461 g/mol. The van der Waals surface area contributed by atoms with Gasteiger partial charge in [0, 0.05) is 48.3 Å². The second kappa shape index (κ2) is 9.16. The molecule has 0 saturated carbocycles. The van der Waals surface area contributed by atoms with Gasteiger partial charge in [0.2, 0.25) is 0 Å². The summed E-state index contributed by atoms with van der Waals surface area (Å²) in [5, 5.41) is 4.44. The quantitative estimate of drug-likeness (QED) is 0.466. The number of nitrogen functional groups attached to an aromatic ring is 1. The van der Waals surface area contributed by atoms with Crippen molar-refractivity contribution in [3.05, 3.63) is 79.6 Å². The molecule has 1 fully saturated rings. The monoisotopic (exact) mass is 479 g/mol. The first-order chi connectivity index (χ1) is 14.4. The van der Waals surface area contributed by atoms with Crippen LogP contribution in [-0.4, -0.2) is 36.9 Å². The lowest BCUT2D eigenvalue weighted by atomic mass is 10.0. The van der Waals surface area contributed by atoms with Crippen LogP contribution in [0, 0.1) is 0 Å². The van der Waals surface area contributed by atoms with Crippen LogP contribution in [0.15, 0.2) is 47.8 Å². The van der Waals surface area contributed by atoms with Crippen LogP contribution in [0.1, 0.15) is 21.5 Å². The van der Waals surface area contributed by atoms with Gasteiger partial charge in [-0.2, -0.15) is 0 Å². The third-order valence-corrected chi connectivity index (χ3v) is 6.90. The highest BCUT2D eigenvalue weighted by molar-refractivity contribution is 7.14. The van der Waals surface area contributed by atoms with E-state index in [0.717, 1.165) is 37.4 Å². The minimum Gasteiger partial charge on any atom is -0.390 e. The van der Waals surface area contributed by atoms with Gasteiger partial charge in [0.1, 0.15) is 0 Å². The van der Waals surface area contributed by atoms with E-state index in [0.29, 0.717) is 37.7 Å². The summed E-state index contributed by atoms with van der Waals surface area (Å²) in [6.07, 6.45) is 0. The molecule has 2 heterocycles. The number of carbonyl (C=O) groups is 1. The Kier molecular flexibility index (Phi) is 6.56. The highest BCUT2D eigenvalue weighted by atomic mass is 35.5. The lowest BCUT2D eigenvalue weighted by Crippen LogP contribution is -2.46. The number of hydrogen-bond donors (Lipinski definition) is 1. The molecule has 0 amide bonds. The molecule has 0 bridgehead atoms. The Hall–Kier alpha value is -1.76. The number of nitrogens with two attached hydrogens (primary N) is 1. The van der Waals surface area contributed by atoms with Crippen LogP contribution < -0.4 is 10.6 Å². The van der Waals surface area contributed by atoms with Crippen molar-refractivity contribution in [1.82, 2.24) is 4.90 Å². The predicted molar refractivity (Wildman–Crippen MR) is 128 cm³/mol. The topological polar surface area (TPSA) is 49.6 Å². The summed E-state index contributed by atoms with van der Waals surface area (Å²) >= 11 is 19.7. The smallest absolute Gasteiger partial charge is 0.196 e. The molecule has 0 atom stereocenters. The molecule has 4 nitrogen and oxygen atoms in total. The van der Waals surface area contributed by atoms with Crippen molar-refractivity contribution in [2.24, 2.45) is 0 Å². The number of benzene rings is 2. The second-order valence-electron chi connectivity index (χ2n) is 7.20. The highest BCUT2D eigenvalue weighted by Gasteiger charge is 2.23. The van der Waals surface area contributed by atoms with E-state index in [-0.39, 0.29) is 5.78 Å². The zero-order valence-corrected chi connectivity index (χ0v) is 19.2. The molecule has 0 unspecified atom stereocenters. The maximum absolute atomic E-state index is 13.0. The summed E-state index contributed by atoms with van der Waals surface area (Å²) in [5.41, 5.74) is 9.32. The van der Waals surface area contributed by atoms with Crippen molar-refractivity contribution in [3.8, 4) is 0 Å². The molecule has 2 aromatic carbocycles. The van der Waals surface area contributed by atoms with Crippen LogP contribution >= 0.6 is 46.1 Å². The van der Waals surface area contributed by atoms with Gasteiger partial charge in [0.05, 0.1) is 21.3 Å². The van der Waals surface area contributed by atoms with E-state index in [1.807, 2.05) is 17.5 Å². The summed E-state index contributed by atoms with van der Waals surface area (Å²) in [5.74, 6) is -0.0630. The Morgan fingerprint density at radius 3 is 2.30 bits per heavy atom. The van der Waals surface area contributed by atoms with Gasteiger partial charge in [-0.3, -0.25) is 9.69 Å². The second-order valence-corrected chi connectivity index (χ2v) is 9.39. The van der Waals surface area contributed by atoms with Crippen molar-refractivity contribution in [2.75, 3.05) is 36.8 Å². The lowest BCUT2D eigenvalue weighted by Gasteiger charge is -2.36. The van der Waals surface area contributed by atoms with Crippen LogP contribution in [0.5, 0.6) is 0 Å². The number of nitrogens with zero attached hydrogens (tertiary/aromatic N) is 2. The van der Waals surface area contributed by atoms with Crippen molar-refractivity contribution < 1.29 is 4.79 Å². The van der Waals surface area contributed by atoms with Crippen LogP contribution in [-0.2, 0) is 6.54 Å². The minimum atomic E-state index is -0.0630. The maximum Gasteiger partial charge on any atom is 0.196 e. The third kappa shape index (κ3) is 4.61. The summed E-state index contributed by atoms with van der Waals surface area (Å²) in [4.78, 5) is 17.6. The van der Waals surface area contributed by atoms with Gasteiger partial charge < -0.3 is 10.6 Å². The van der Waals surface area contributed by atoms with Gasteiger partial charge >= 0.3 is 0 Å². The fourth-order valence-electron chi connectivity index (χ4n) is 3.66. The number of anilines is 2. The highest BCUT2D eigenvalue weighted by Crippen LogP contribution is 2.31. The molecule has 0 aliphatic carbocycles. The summed E-state index contributed by atoms with van der Waals surface area (Å²) in [6, 6.07) is 12.5. The normalized spacial score (nSPS) is 14.8. The molecule has 1 aromatic heterocycles. The Bertz CT molecular complexity index is 1060. The van der Waals surface area contributed by atoms with Gasteiger partial charge in [-0.05, 0) is 53.4 Å². The molecule has 0 radical (unpaired) electrons. The predicted octanol–water partition coefficient (Wildman–Crippen LogP) is 5.84. The molecule has 8 heteroatoms. The largest absolute Gasteiger partial charge is 0.390 e. The number of halogens is 3. The lowest BCUT2D eigenvalue weighted by molar-refractivity contribution is 0.103. The van der Waals surface area contributed by atoms with Crippen LogP contribution in [0.2, 0.25) is 15.1 Å². The first-order valence-corrected chi connectivity index (χ1v) is 11.5. The number of hydrogen-bond acceptors (Lipinski definition) is 5. The number of ketones is 1. The van der Waals surface area contributed by atoms with Gasteiger partial charge in [0.25, 0.3) is 0 Å². The SMILES string of the molecule is Nc1scc(CN2CCN(c3ccc(Cl)cc3Cl)CC2)c1C(=O)c1ccc(Cl)cc1. The Morgan fingerprint density at radius 1 is 0.967 bits per heavy atom. The van der Waals surface area contributed by atoms with E-state index in [2.05, 4.69) is 9.80 Å². The van der Waals surface area contributed by atoms with Crippen molar-refractivity contribution >= 4 is 62.6 Å².